The highest BCUT2D eigenvalue weighted by Gasteiger charge is 2.32. The molecule has 0 aromatic carbocycles. The molecule has 1 aliphatic heterocycles. The van der Waals surface area contributed by atoms with Crippen LogP contribution in [0.4, 0.5) is 0 Å². The number of hydrogen-bond acceptors (Lipinski definition) is 3. The SMILES string of the molecule is CC1C(C)S(=O)CCN1C(=O)CCCCC(=O)O. The number of carbonyl (C=O) groups is 2. The lowest BCUT2D eigenvalue weighted by Crippen LogP contribution is -2.52. The van der Waals surface area contributed by atoms with E-state index in [0.717, 1.165) is 0 Å². The van der Waals surface area contributed by atoms with Gasteiger partial charge in [-0.3, -0.25) is 13.8 Å². The maximum atomic E-state index is 12.0. The molecule has 0 aromatic rings. The number of carboxylic acid groups (broad SMARTS) is 1. The van der Waals surface area contributed by atoms with Crippen LogP contribution in [0.5, 0.6) is 0 Å². The smallest absolute Gasteiger partial charge is 0.303 e. The third-order valence-corrected chi connectivity index (χ3v) is 5.28. The summed E-state index contributed by atoms with van der Waals surface area (Å²) in [6.45, 7) is 4.39. The van der Waals surface area contributed by atoms with Crippen molar-refractivity contribution in [2.24, 2.45) is 0 Å². The molecule has 1 rings (SSSR count). The Morgan fingerprint density at radius 3 is 2.50 bits per heavy atom. The molecule has 3 unspecified atom stereocenters. The summed E-state index contributed by atoms with van der Waals surface area (Å²) in [5.74, 6) is -0.221. The van der Waals surface area contributed by atoms with Crippen LogP contribution in [0.25, 0.3) is 0 Å². The zero-order valence-electron chi connectivity index (χ0n) is 10.9. The Hall–Kier alpha value is -0.910. The van der Waals surface area contributed by atoms with Crippen molar-refractivity contribution < 1.29 is 18.9 Å². The van der Waals surface area contributed by atoms with Gasteiger partial charge in [0.1, 0.15) is 0 Å². The Morgan fingerprint density at radius 2 is 1.89 bits per heavy atom. The molecule has 1 heterocycles. The van der Waals surface area contributed by atoms with Crippen molar-refractivity contribution in [2.45, 2.75) is 50.8 Å². The van der Waals surface area contributed by atoms with Crippen LogP contribution in [0.15, 0.2) is 0 Å². The van der Waals surface area contributed by atoms with Crippen molar-refractivity contribution in [3.8, 4) is 0 Å². The topological polar surface area (TPSA) is 74.7 Å². The number of rotatable bonds is 5. The van der Waals surface area contributed by atoms with Crippen LogP contribution in [-0.2, 0) is 20.4 Å². The average molecular weight is 275 g/mol. The highest BCUT2D eigenvalue weighted by molar-refractivity contribution is 7.85. The minimum absolute atomic E-state index is 0.00607. The van der Waals surface area contributed by atoms with Gasteiger partial charge in [-0.2, -0.15) is 0 Å². The van der Waals surface area contributed by atoms with Gasteiger partial charge in [0.2, 0.25) is 5.91 Å². The lowest BCUT2D eigenvalue weighted by atomic mass is 10.1. The number of carboxylic acids is 1. The number of amides is 1. The van der Waals surface area contributed by atoms with E-state index < -0.39 is 16.8 Å². The Kier molecular flexibility index (Phi) is 5.78. The lowest BCUT2D eigenvalue weighted by molar-refractivity contribution is -0.138. The third kappa shape index (κ3) is 4.08. The lowest BCUT2D eigenvalue weighted by Gasteiger charge is -2.37. The van der Waals surface area contributed by atoms with Crippen molar-refractivity contribution in [3.05, 3.63) is 0 Å². The van der Waals surface area contributed by atoms with Crippen molar-refractivity contribution in [1.29, 1.82) is 0 Å². The summed E-state index contributed by atoms with van der Waals surface area (Å²) in [6.07, 6.45) is 1.64. The van der Waals surface area contributed by atoms with E-state index in [4.69, 9.17) is 5.11 Å². The van der Waals surface area contributed by atoms with Crippen LogP contribution in [0.2, 0.25) is 0 Å². The molecule has 104 valence electrons. The van der Waals surface area contributed by atoms with Gasteiger partial charge < -0.3 is 10.0 Å². The summed E-state index contributed by atoms with van der Waals surface area (Å²) in [5.41, 5.74) is 0. The van der Waals surface area contributed by atoms with E-state index in [1.165, 1.54) is 0 Å². The van der Waals surface area contributed by atoms with E-state index in [1.54, 1.807) is 4.90 Å². The van der Waals surface area contributed by atoms with E-state index in [-0.39, 0.29) is 23.6 Å². The molecule has 0 saturated carbocycles. The third-order valence-electron chi connectivity index (χ3n) is 3.47. The minimum atomic E-state index is -0.837. The van der Waals surface area contributed by atoms with Crippen LogP contribution >= 0.6 is 0 Å². The number of unbranched alkanes of at least 4 members (excludes halogenated alkanes) is 1. The van der Waals surface area contributed by atoms with Crippen LogP contribution in [0.1, 0.15) is 39.5 Å². The molecular weight excluding hydrogens is 254 g/mol. The first-order valence-corrected chi connectivity index (χ1v) is 7.70. The fraction of sp³-hybridized carbons (Fsp3) is 0.833. The second-order valence-corrected chi connectivity index (χ2v) is 6.63. The predicted molar refractivity (Wildman–Crippen MR) is 69.8 cm³/mol. The average Bonchev–Trinajstić information content (AvgIpc) is 2.31. The quantitative estimate of drug-likeness (QED) is 0.760. The van der Waals surface area contributed by atoms with Gasteiger partial charge in [0.05, 0.1) is 5.25 Å². The molecule has 0 aliphatic carbocycles. The van der Waals surface area contributed by atoms with E-state index in [1.807, 2.05) is 13.8 Å². The highest BCUT2D eigenvalue weighted by Crippen LogP contribution is 2.18. The maximum Gasteiger partial charge on any atom is 0.303 e. The first-order valence-electron chi connectivity index (χ1n) is 6.32. The van der Waals surface area contributed by atoms with Crippen LogP contribution < -0.4 is 0 Å². The van der Waals surface area contributed by atoms with E-state index in [2.05, 4.69) is 0 Å². The second kappa shape index (κ2) is 6.87. The Bertz CT molecular complexity index is 345. The zero-order chi connectivity index (χ0) is 13.7. The molecule has 6 heteroatoms. The van der Waals surface area contributed by atoms with Gasteiger partial charge in [0.25, 0.3) is 0 Å². The first-order chi connectivity index (χ1) is 8.43. The van der Waals surface area contributed by atoms with Crippen molar-refractivity contribution >= 4 is 22.7 Å². The minimum Gasteiger partial charge on any atom is -0.481 e. The first kappa shape index (κ1) is 15.1. The van der Waals surface area contributed by atoms with Crippen molar-refractivity contribution in [2.75, 3.05) is 12.3 Å². The van der Waals surface area contributed by atoms with Gasteiger partial charge in [0.15, 0.2) is 0 Å². The summed E-state index contributed by atoms with van der Waals surface area (Å²) in [5, 5.41) is 8.52. The summed E-state index contributed by atoms with van der Waals surface area (Å²) < 4.78 is 11.6. The number of carbonyl (C=O) groups excluding carboxylic acids is 1. The molecule has 0 spiro atoms. The standard InChI is InChI=1S/C12H21NO4S/c1-9-10(2)18(17)8-7-13(9)11(14)5-3-4-6-12(15)16/h9-10H,3-8H2,1-2H3,(H,15,16). The summed E-state index contributed by atoms with van der Waals surface area (Å²) in [4.78, 5) is 24.1. The monoisotopic (exact) mass is 275 g/mol. The Labute approximate surface area is 110 Å². The zero-order valence-corrected chi connectivity index (χ0v) is 11.7. The maximum absolute atomic E-state index is 12.0. The molecule has 1 fully saturated rings. The molecule has 1 N–H and O–H groups in total. The number of nitrogens with zero attached hydrogens (tertiary/aromatic N) is 1. The van der Waals surface area contributed by atoms with E-state index in [0.29, 0.717) is 31.6 Å². The Balaban J connectivity index is 2.37. The Morgan fingerprint density at radius 1 is 1.28 bits per heavy atom. The fourth-order valence-electron chi connectivity index (χ4n) is 2.10. The van der Waals surface area contributed by atoms with Crippen molar-refractivity contribution in [1.82, 2.24) is 4.90 Å². The fourth-order valence-corrected chi connectivity index (χ4v) is 3.43. The summed E-state index contributed by atoms with van der Waals surface area (Å²) in [7, 11) is -0.837. The van der Waals surface area contributed by atoms with E-state index >= 15 is 0 Å². The van der Waals surface area contributed by atoms with Gasteiger partial charge in [-0.05, 0) is 26.7 Å². The molecule has 0 bridgehead atoms. The molecule has 18 heavy (non-hydrogen) atoms. The van der Waals surface area contributed by atoms with Crippen LogP contribution in [0.3, 0.4) is 0 Å². The second-order valence-electron chi connectivity index (χ2n) is 4.72. The predicted octanol–water partition coefficient (Wildman–Crippen LogP) is 0.999. The molecule has 0 radical (unpaired) electrons. The van der Waals surface area contributed by atoms with Gasteiger partial charge in [-0.25, -0.2) is 0 Å². The van der Waals surface area contributed by atoms with Crippen molar-refractivity contribution in [3.63, 3.8) is 0 Å². The van der Waals surface area contributed by atoms with Gasteiger partial charge in [0, 0.05) is 42.0 Å². The van der Waals surface area contributed by atoms with Crippen LogP contribution in [0, 0.1) is 0 Å². The highest BCUT2D eigenvalue weighted by atomic mass is 32.2. The van der Waals surface area contributed by atoms with Crippen LogP contribution in [-0.4, -0.2) is 49.7 Å². The van der Waals surface area contributed by atoms with Gasteiger partial charge in [-0.1, -0.05) is 0 Å². The molecule has 3 atom stereocenters. The number of hydrogen-bond donors (Lipinski definition) is 1. The molecule has 0 aromatic heterocycles. The molecular formula is C12H21NO4S. The summed E-state index contributed by atoms with van der Waals surface area (Å²) >= 11 is 0. The van der Waals surface area contributed by atoms with Gasteiger partial charge >= 0.3 is 5.97 Å². The van der Waals surface area contributed by atoms with E-state index in [9.17, 15) is 13.8 Å². The summed E-state index contributed by atoms with van der Waals surface area (Å²) in [6, 6.07) is 0.00607. The largest absolute Gasteiger partial charge is 0.481 e. The molecule has 1 aliphatic rings. The number of aliphatic carboxylic acids is 1. The van der Waals surface area contributed by atoms with Gasteiger partial charge in [-0.15, -0.1) is 0 Å². The normalized spacial score (nSPS) is 28.1. The molecule has 1 amide bonds. The molecule has 1 saturated heterocycles. The molecule has 5 nitrogen and oxygen atoms in total.